The van der Waals surface area contributed by atoms with Crippen molar-refractivity contribution in [2.45, 2.75) is 20.3 Å². The van der Waals surface area contributed by atoms with Crippen molar-refractivity contribution in [2.24, 2.45) is 0 Å². The molecule has 1 saturated heterocycles. The van der Waals surface area contributed by atoms with E-state index in [4.69, 9.17) is 0 Å². The Hall–Kier alpha value is -1.95. The Balaban J connectivity index is 1.61. The van der Waals surface area contributed by atoms with E-state index in [1.165, 1.54) is 17.1 Å². The fraction of sp³-hybridized carbons (Fsp3) is 0.438. The van der Waals surface area contributed by atoms with Crippen LogP contribution in [0.15, 0.2) is 24.3 Å². The van der Waals surface area contributed by atoms with Gasteiger partial charge in [-0.15, -0.1) is 0 Å². The fourth-order valence-corrected chi connectivity index (χ4v) is 3.30. The number of piperazine rings is 1. The highest BCUT2D eigenvalue weighted by Gasteiger charge is 2.23. The highest BCUT2D eigenvalue weighted by molar-refractivity contribution is 7.09. The van der Waals surface area contributed by atoms with Crippen LogP contribution in [0.2, 0.25) is 0 Å². The summed E-state index contributed by atoms with van der Waals surface area (Å²) in [7, 11) is 0. The number of amides is 1. The number of anilines is 1. The van der Waals surface area contributed by atoms with Crippen molar-refractivity contribution in [3.8, 4) is 0 Å². The van der Waals surface area contributed by atoms with E-state index < -0.39 is 0 Å². The van der Waals surface area contributed by atoms with Gasteiger partial charge in [0.05, 0.1) is 0 Å². The first-order valence-corrected chi connectivity index (χ1v) is 8.38. The minimum absolute atomic E-state index is 0.117. The lowest BCUT2D eigenvalue weighted by atomic mass is 10.1. The zero-order chi connectivity index (χ0) is 15.5. The number of benzene rings is 1. The SMILES string of the molecule is CCc1nsc(N2CCN(C(=O)c3ccc(C)cc3)CC2)n1. The van der Waals surface area contributed by atoms with E-state index in [-0.39, 0.29) is 5.91 Å². The van der Waals surface area contributed by atoms with Crippen molar-refractivity contribution in [1.82, 2.24) is 14.3 Å². The van der Waals surface area contributed by atoms with Crippen molar-refractivity contribution in [3.05, 3.63) is 41.2 Å². The van der Waals surface area contributed by atoms with Gasteiger partial charge in [-0.2, -0.15) is 4.37 Å². The molecular weight excluding hydrogens is 296 g/mol. The molecule has 1 aromatic carbocycles. The Morgan fingerprint density at radius 2 is 1.86 bits per heavy atom. The van der Waals surface area contributed by atoms with Crippen molar-refractivity contribution in [1.29, 1.82) is 0 Å². The largest absolute Gasteiger partial charge is 0.343 e. The molecule has 0 spiro atoms. The molecule has 22 heavy (non-hydrogen) atoms. The van der Waals surface area contributed by atoms with Crippen LogP contribution in [0.3, 0.4) is 0 Å². The summed E-state index contributed by atoms with van der Waals surface area (Å²) in [6.07, 6.45) is 0.863. The molecule has 2 heterocycles. The van der Waals surface area contributed by atoms with Crippen LogP contribution in [0.4, 0.5) is 5.13 Å². The van der Waals surface area contributed by atoms with Gasteiger partial charge in [-0.05, 0) is 19.1 Å². The molecule has 116 valence electrons. The predicted molar refractivity (Wildman–Crippen MR) is 88.6 cm³/mol. The zero-order valence-corrected chi connectivity index (χ0v) is 13.8. The molecule has 1 amide bonds. The highest BCUT2D eigenvalue weighted by atomic mass is 32.1. The molecule has 1 aromatic heterocycles. The number of hydrogen-bond acceptors (Lipinski definition) is 5. The lowest BCUT2D eigenvalue weighted by Gasteiger charge is -2.34. The molecule has 0 radical (unpaired) electrons. The Kier molecular flexibility index (Phi) is 4.38. The Morgan fingerprint density at radius 3 is 2.45 bits per heavy atom. The number of aryl methyl sites for hydroxylation is 2. The maximum absolute atomic E-state index is 12.5. The van der Waals surface area contributed by atoms with Crippen LogP contribution in [0.25, 0.3) is 0 Å². The fourth-order valence-electron chi connectivity index (χ4n) is 2.50. The van der Waals surface area contributed by atoms with Crippen molar-refractivity contribution in [2.75, 3.05) is 31.1 Å². The first-order chi connectivity index (χ1) is 10.7. The second kappa shape index (κ2) is 6.44. The Bertz CT molecular complexity index is 644. The van der Waals surface area contributed by atoms with Gasteiger partial charge >= 0.3 is 0 Å². The maximum atomic E-state index is 12.5. The molecule has 0 saturated carbocycles. The summed E-state index contributed by atoms with van der Waals surface area (Å²) in [5.41, 5.74) is 1.94. The van der Waals surface area contributed by atoms with E-state index in [1.807, 2.05) is 36.1 Å². The zero-order valence-electron chi connectivity index (χ0n) is 13.0. The summed E-state index contributed by atoms with van der Waals surface area (Å²) in [6.45, 7) is 7.18. The lowest BCUT2D eigenvalue weighted by Crippen LogP contribution is -2.48. The smallest absolute Gasteiger partial charge is 0.253 e. The third-order valence-electron chi connectivity index (χ3n) is 3.91. The molecule has 0 N–H and O–H groups in total. The summed E-state index contributed by atoms with van der Waals surface area (Å²) < 4.78 is 4.33. The minimum Gasteiger partial charge on any atom is -0.343 e. The standard InChI is InChI=1S/C16H20N4OS/c1-3-14-17-16(22-18-14)20-10-8-19(9-11-20)15(21)13-6-4-12(2)5-7-13/h4-7H,3,8-11H2,1-2H3. The number of aromatic nitrogens is 2. The maximum Gasteiger partial charge on any atom is 0.253 e. The third kappa shape index (κ3) is 3.11. The van der Waals surface area contributed by atoms with Crippen LogP contribution in [0, 0.1) is 6.92 Å². The van der Waals surface area contributed by atoms with Gasteiger partial charge in [0.25, 0.3) is 5.91 Å². The van der Waals surface area contributed by atoms with Gasteiger partial charge in [0.15, 0.2) is 0 Å². The minimum atomic E-state index is 0.117. The molecule has 6 heteroatoms. The third-order valence-corrected chi connectivity index (χ3v) is 4.72. The molecule has 3 rings (SSSR count). The van der Waals surface area contributed by atoms with E-state index in [2.05, 4.69) is 21.2 Å². The molecule has 0 aliphatic carbocycles. The van der Waals surface area contributed by atoms with Gasteiger partial charge < -0.3 is 9.80 Å². The van der Waals surface area contributed by atoms with E-state index in [9.17, 15) is 4.79 Å². The molecule has 0 atom stereocenters. The van der Waals surface area contributed by atoms with Gasteiger partial charge in [0, 0.05) is 49.7 Å². The lowest BCUT2D eigenvalue weighted by molar-refractivity contribution is 0.0747. The average Bonchev–Trinajstić information content (AvgIpc) is 3.04. The van der Waals surface area contributed by atoms with Gasteiger partial charge in [-0.25, -0.2) is 4.98 Å². The van der Waals surface area contributed by atoms with E-state index in [1.54, 1.807) is 0 Å². The van der Waals surface area contributed by atoms with Crippen LogP contribution in [0.1, 0.15) is 28.7 Å². The van der Waals surface area contributed by atoms with Gasteiger partial charge in [0.1, 0.15) is 5.82 Å². The molecule has 0 bridgehead atoms. The summed E-state index contributed by atoms with van der Waals surface area (Å²) in [6, 6.07) is 7.78. The molecule has 1 fully saturated rings. The van der Waals surface area contributed by atoms with Crippen LogP contribution >= 0.6 is 11.5 Å². The summed E-state index contributed by atoms with van der Waals surface area (Å²) in [5.74, 6) is 1.02. The topological polar surface area (TPSA) is 49.3 Å². The molecule has 2 aromatic rings. The predicted octanol–water partition coefficient (Wildman–Crippen LogP) is 2.37. The Morgan fingerprint density at radius 1 is 1.18 bits per heavy atom. The second-order valence-corrected chi connectivity index (χ2v) is 6.22. The number of carbonyl (C=O) groups is 1. The number of carbonyl (C=O) groups excluding carboxylic acids is 1. The van der Waals surface area contributed by atoms with Gasteiger partial charge in [0.2, 0.25) is 5.13 Å². The van der Waals surface area contributed by atoms with Crippen molar-refractivity contribution < 1.29 is 4.79 Å². The molecule has 1 aliphatic rings. The second-order valence-electron chi connectivity index (χ2n) is 5.49. The van der Waals surface area contributed by atoms with Crippen molar-refractivity contribution >= 4 is 22.6 Å². The monoisotopic (exact) mass is 316 g/mol. The molecule has 5 nitrogen and oxygen atoms in total. The van der Waals surface area contributed by atoms with Gasteiger partial charge in [-0.3, -0.25) is 4.79 Å². The van der Waals surface area contributed by atoms with E-state index in [0.717, 1.165) is 49.1 Å². The summed E-state index contributed by atoms with van der Waals surface area (Å²) in [5, 5.41) is 0.972. The van der Waals surface area contributed by atoms with Gasteiger partial charge in [-0.1, -0.05) is 24.6 Å². The molecule has 1 aliphatic heterocycles. The van der Waals surface area contributed by atoms with Crippen LogP contribution in [-0.2, 0) is 6.42 Å². The number of rotatable bonds is 3. The molecule has 0 unspecified atom stereocenters. The first-order valence-electron chi connectivity index (χ1n) is 7.61. The summed E-state index contributed by atoms with van der Waals surface area (Å²) >= 11 is 1.45. The Labute approximate surface area is 134 Å². The number of nitrogens with zero attached hydrogens (tertiary/aromatic N) is 4. The van der Waals surface area contributed by atoms with E-state index >= 15 is 0 Å². The van der Waals surface area contributed by atoms with Crippen LogP contribution in [0.5, 0.6) is 0 Å². The first kappa shape index (κ1) is 15.0. The van der Waals surface area contributed by atoms with Crippen molar-refractivity contribution in [3.63, 3.8) is 0 Å². The molecular formula is C16H20N4OS. The van der Waals surface area contributed by atoms with Crippen LogP contribution in [-0.4, -0.2) is 46.3 Å². The quantitative estimate of drug-likeness (QED) is 0.872. The average molecular weight is 316 g/mol. The summed E-state index contributed by atoms with van der Waals surface area (Å²) in [4.78, 5) is 21.1. The van der Waals surface area contributed by atoms with E-state index in [0.29, 0.717) is 0 Å². The number of hydrogen-bond donors (Lipinski definition) is 0. The highest BCUT2D eigenvalue weighted by Crippen LogP contribution is 2.20. The van der Waals surface area contributed by atoms with Crippen LogP contribution < -0.4 is 4.90 Å². The normalized spacial score (nSPS) is 15.2.